The molecule has 2 amide bonds. The van der Waals surface area contributed by atoms with Crippen LogP contribution in [-0.2, 0) is 25.6 Å². The fraction of sp³-hybridized carbons (Fsp3) is 0.478. The highest BCUT2D eigenvalue weighted by Gasteiger charge is 2.27. The lowest BCUT2D eigenvalue weighted by atomic mass is 10.1. The van der Waals surface area contributed by atoms with Crippen LogP contribution in [0.2, 0.25) is 5.15 Å². The summed E-state index contributed by atoms with van der Waals surface area (Å²) in [7, 11) is 1.25. The number of hydrogen-bond acceptors (Lipinski definition) is 9. The number of amides is 2. The van der Waals surface area contributed by atoms with Crippen LogP contribution in [0.4, 0.5) is 20.7 Å². The third-order valence-corrected chi connectivity index (χ3v) is 4.97. The Morgan fingerprint density at radius 1 is 1.22 bits per heavy atom. The molecule has 2 aromatic rings. The maximum atomic E-state index is 13.9. The van der Waals surface area contributed by atoms with Gasteiger partial charge in [0.15, 0.2) is 11.0 Å². The van der Waals surface area contributed by atoms with Crippen LogP contribution in [0.25, 0.3) is 0 Å². The van der Waals surface area contributed by atoms with E-state index < -0.39 is 35.3 Å². The van der Waals surface area contributed by atoms with Gasteiger partial charge < -0.3 is 25.0 Å². The first-order valence-corrected chi connectivity index (χ1v) is 11.5. The van der Waals surface area contributed by atoms with Gasteiger partial charge in [0, 0.05) is 25.7 Å². The molecule has 0 bridgehead atoms. The van der Waals surface area contributed by atoms with Gasteiger partial charge in [0.2, 0.25) is 5.91 Å². The number of rotatable bonds is 10. The van der Waals surface area contributed by atoms with Crippen LogP contribution >= 0.6 is 11.6 Å². The second-order valence-electron chi connectivity index (χ2n) is 8.82. The van der Waals surface area contributed by atoms with Crippen LogP contribution in [0.3, 0.4) is 0 Å². The van der Waals surface area contributed by atoms with E-state index in [9.17, 15) is 18.8 Å². The first-order chi connectivity index (χ1) is 16.9. The summed E-state index contributed by atoms with van der Waals surface area (Å²) in [6.07, 6.45) is 1.82. The minimum atomic E-state index is -0.769. The van der Waals surface area contributed by atoms with Gasteiger partial charge in [-0.25, -0.2) is 19.2 Å². The van der Waals surface area contributed by atoms with Crippen molar-refractivity contribution in [1.29, 1.82) is 0 Å². The average molecular weight is 525 g/mol. The first kappa shape index (κ1) is 28.7. The van der Waals surface area contributed by atoms with Gasteiger partial charge in [0.05, 0.1) is 25.3 Å². The Bertz CT molecular complexity index is 1080. The summed E-state index contributed by atoms with van der Waals surface area (Å²) < 4.78 is 24.0. The summed E-state index contributed by atoms with van der Waals surface area (Å²) in [5.41, 5.74) is -0.529. The highest BCUT2D eigenvalue weighted by Crippen LogP contribution is 2.27. The summed E-state index contributed by atoms with van der Waals surface area (Å²) in [5, 5.41) is 5.46. The molecule has 36 heavy (non-hydrogen) atoms. The van der Waals surface area contributed by atoms with Crippen molar-refractivity contribution in [2.24, 2.45) is 5.92 Å². The molecule has 1 atom stereocenters. The van der Waals surface area contributed by atoms with E-state index in [2.05, 4.69) is 25.6 Å². The number of nitrogens with zero attached hydrogens (tertiary/aromatic N) is 4. The summed E-state index contributed by atoms with van der Waals surface area (Å²) in [5.74, 6) is -1.97. The monoisotopic (exact) mass is 524 g/mol. The second kappa shape index (κ2) is 13.0. The Morgan fingerprint density at radius 3 is 2.58 bits per heavy atom. The number of pyridine rings is 1. The molecule has 2 N–H and O–H groups in total. The van der Waals surface area contributed by atoms with Crippen LogP contribution in [-0.4, -0.2) is 63.6 Å². The van der Waals surface area contributed by atoms with Gasteiger partial charge >= 0.3 is 12.1 Å². The van der Waals surface area contributed by atoms with Gasteiger partial charge in [0.25, 0.3) is 0 Å². The minimum Gasteiger partial charge on any atom is -0.469 e. The average Bonchev–Trinajstić information content (AvgIpc) is 2.81. The SMILES string of the molecule is COC(=O)[C@@H](C)CN(CCC(=O)Nc1c(Cl)ncnc1NCc1ncccc1F)C(=O)OC(C)(C)C. The maximum Gasteiger partial charge on any atom is 0.410 e. The number of halogens is 2. The summed E-state index contributed by atoms with van der Waals surface area (Å²) in [4.78, 5) is 50.4. The van der Waals surface area contributed by atoms with Crippen molar-refractivity contribution in [3.05, 3.63) is 41.3 Å². The third-order valence-electron chi connectivity index (χ3n) is 4.68. The normalized spacial score (nSPS) is 11.9. The summed E-state index contributed by atoms with van der Waals surface area (Å²) in [6, 6.07) is 2.75. The number of hydrogen-bond donors (Lipinski definition) is 2. The number of methoxy groups -OCH3 is 1. The zero-order chi connectivity index (χ0) is 26.9. The molecule has 0 aliphatic carbocycles. The van der Waals surface area contributed by atoms with Crippen molar-refractivity contribution < 1.29 is 28.2 Å². The molecular weight excluding hydrogens is 495 g/mol. The Morgan fingerprint density at radius 2 is 1.94 bits per heavy atom. The van der Waals surface area contributed by atoms with Crippen LogP contribution in [0.1, 0.15) is 39.8 Å². The molecule has 2 aromatic heterocycles. The number of anilines is 2. The molecular formula is C23H30ClFN6O5. The second-order valence-corrected chi connectivity index (χ2v) is 9.18. The molecule has 13 heteroatoms. The van der Waals surface area contributed by atoms with Crippen molar-refractivity contribution in [1.82, 2.24) is 19.9 Å². The zero-order valence-electron chi connectivity index (χ0n) is 20.8. The Hall–Kier alpha value is -3.54. The van der Waals surface area contributed by atoms with E-state index in [-0.39, 0.29) is 48.4 Å². The number of nitrogens with one attached hydrogen (secondary N) is 2. The molecule has 0 aliphatic heterocycles. The Balaban J connectivity index is 2.09. The van der Waals surface area contributed by atoms with Gasteiger partial charge in [-0.2, -0.15) is 0 Å². The lowest BCUT2D eigenvalue weighted by Crippen LogP contribution is -2.42. The van der Waals surface area contributed by atoms with Crippen LogP contribution < -0.4 is 10.6 Å². The molecule has 0 saturated heterocycles. The zero-order valence-corrected chi connectivity index (χ0v) is 21.6. The number of ether oxygens (including phenoxy) is 2. The molecule has 0 saturated carbocycles. The number of carbonyl (C=O) groups is 3. The van der Waals surface area contributed by atoms with Crippen molar-refractivity contribution in [2.75, 3.05) is 30.8 Å². The van der Waals surface area contributed by atoms with Crippen molar-refractivity contribution >= 4 is 41.1 Å². The summed E-state index contributed by atoms with van der Waals surface area (Å²) >= 11 is 6.16. The summed E-state index contributed by atoms with van der Waals surface area (Å²) in [6.45, 7) is 6.67. The number of aromatic nitrogens is 3. The molecule has 0 spiro atoms. The van der Waals surface area contributed by atoms with Crippen molar-refractivity contribution in [2.45, 2.75) is 46.3 Å². The predicted molar refractivity (Wildman–Crippen MR) is 131 cm³/mol. The topological polar surface area (TPSA) is 136 Å². The number of esters is 1. The molecule has 0 aliphatic rings. The van der Waals surface area contributed by atoms with Crippen molar-refractivity contribution in [3.8, 4) is 0 Å². The van der Waals surface area contributed by atoms with E-state index in [1.807, 2.05) is 0 Å². The molecule has 0 unspecified atom stereocenters. The van der Waals surface area contributed by atoms with Crippen LogP contribution in [0, 0.1) is 11.7 Å². The molecule has 0 fully saturated rings. The fourth-order valence-corrected chi connectivity index (χ4v) is 3.13. The van der Waals surface area contributed by atoms with Gasteiger partial charge in [-0.15, -0.1) is 0 Å². The van der Waals surface area contributed by atoms with Crippen LogP contribution in [0.5, 0.6) is 0 Å². The highest BCUT2D eigenvalue weighted by molar-refractivity contribution is 6.33. The smallest absolute Gasteiger partial charge is 0.410 e. The van der Waals surface area contributed by atoms with Crippen LogP contribution in [0.15, 0.2) is 24.7 Å². The van der Waals surface area contributed by atoms with E-state index >= 15 is 0 Å². The molecule has 2 rings (SSSR count). The van der Waals surface area contributed by atoms with E-state index in [1.165, 1.54) is 36.7 Å². The minimum absolute atomic E-state index is 0.00742. The Kier molecular flexibility index (Phi) is 10.3. The van der Waals surface area contributed by atoms with E-state index in [1.54, 1.807) is 27.7 Å². The fourth-order valence-electron chi connectivity index (χ4n) is 2.95. The first-order valence-electron chi connectivity index (χ1n) is 11.1. The quantitative estimate of drug-likeness (QED) is 0.352. The standard InChI is InChI=1S/C23H30ClFN6O5/c1-14(21(33)35-5)12-31(22(34)36-23(2,3)4)10-8-17(32)30-18-19(24)28-13-29-20(18)27-11-16-15(25)7-6-9-26-16/h6-7,9,13-14H,8,10-12H2,1-5H3,(H,30,32)(H,27,28,29)/t14-/m0/s1. The Labute approximate surface area is 213 Å². The van der Waals surface area contributed by atoms with Crippen molar-refractivity contribution in [3.63, 3.8) is 0 Å². The van der Waals surface area contributed by atoms with Gasteiger partial charge in [0.1, 0.15) is 23.4 Å². The van der Waals surface area contributed by atoms with E-state index in [0.29, 0.717) is 0 Å². The lowest BCUT2D eigenvalue weighted by molar-refractivity contribution is -0.145. The molecule has 196 valence electrons. The molecule has 0 aromatic carbocycles. The third kappa shape index (κ3) is 8.91. The van der Waals surface area contributed by atoms with Gasteiger partial charge in [-0.05, 0) is 32.9 Å². The van der Waals surface area contributed by atoms with Gasteiger partial charge in [-0.3, -0.25) is 14.6 Å². The lowest BCUT2D eigenvalue weighted by Gasteiger charge is -2.28. The highest BCUT2D eigenvalue weighted by atomic mass is 35.5. The maximum absolute atomic E-state index is 13.9. The molecule has 2 heterocycles. The predicted octanol–water partition coefficient (Wildman–Crippen LogP) is 3.65. The van der Waals surface area contributed by atoms with E-state index in [4.69, 9.17) is 21.1 Å². The largest absolute Gasteiger partial charge is 0.469 e. The van der Waals surface area contributed by atoms with E-state index in [0.717, 1.165) is 0 Å². The molecule has 0 radical (unpaired) electrons. The number of carbonyl (C=O) groups excluding carboxylic acids is 3. The van der Waals surface area contributed by atoms with Gasteiger partial charge in [-0.1, -0.05) is 18.5 Å². The molecule has 11 nitrogen and oxygen atoms in total.